The van der Waals surface area contributed by atoms with Gasteiger partial charge in [-0.15, -0.1) is 0 Å². The molecule has 10 heteroatoms. The largest absolute Gasteiger partial charge is 0.466 e. The van der Waals surface area contributed by atoms with Crippen molar-refractivity contribution in [3.8, 4) is 0 Å². The number of benzene rings is 2. The van der Waals surface area contributed by atoms with Crippen LogP contribution in [0.2, 0.25) is 0 Å². The number of carbonyl (C=O) groups is 4. The molecule has 9 nitrogen and oxygen atoms in total. The molecule has 2 heterocycles. The Kier molecular flexibility index (Phi) is 7.27. The Bertz CT molecular complexity index is 1510. The fraction of sp³-hybridized carbons (Fsp3) is 0.241. The molecule has 1 aromatic heterocycles. The van der Waals surface area contributed by atoms with E-state index in [1.807, 2.05) is 0 Å². The van der Waals surface area contributed by atoms with Gasteiger partial charge in [0, 0.05) is 52.4 Å². The van der Waals surface area contributed by atoms with Gasteiger partial charge >= 0.3 is 12.0 Å². The number of Topliss-reactive ketones (excluding diaryl/α,β-unsaturated/α-hetero) is 1. The predicted molar refractivity (Wildman–Crippen MR) is 145 cm³/mol. The molecule has 4 N–H and O–H groups in total. The molecule has 1 aliphatic heterocycles. The van der Waals surface area contributed by atoms with Crippen LogP contribution in [0, 0.1) is 5.82 Å². The number of halogens is 1. The molecule has 1 aliphatic carbocycles. The van der Waals surface area contributed by atoms with Crippen LogP contribution in [0.15, 0.2) is 42.5 Å². The highest BCUT2D eigenvalue weighted by Gasteiger charge is 2.29. The maximum Gasteiger partial charge on any atom is 0.323 e. The van der Waals surface area contributed by atoms with Gasteiger partial charge in [-0.1, -0.05) is 0 Å². The van der Waals surface area contributed by atoms with Crippen molar-refractivity contribution in [3.63, 3.8) is 0 Å². The molecular weight excluding hydrogens is 503 g/mol. The molecule has 0 atom stereocenters. The van der Waals surface area contributed by atoms with Gasteiger partial charge in [0.05, 0.1) is 12.2 Å². The average molecular weight is 531 g/mol. The molecule has 0 saturated carbocycles. The number of aryl methyl sites for hydroxylation is 1. The smallest absolute Gasteiger partial charge is 0.323 e. The van der Waals surface area contributed by atoms with E-state index in [0.717, 1.165) is 12.1 Å². The fourth-order valence-electron chi connectivity index (χ4n) is 4.92. The van der Waals surface area contributed by atoms with Crippen molar-refractivity contribution in [1.29, 1.82) is 0 Å². The summed E-state index contributed by atoms with van der Waals surface area (Å²) in [7, 11) is 0. The molecular formula is C29H27FN4O5. The summed E-state index contributed by atoms with van der Waals surface area (Å²) in [6, 6.07) is 9.87. The summed E-state index contributed by atoms with van der Waals surface area (Å²) in [6.07, 6.45) is 3.98. The second-order valence-electron chi connectivity index (χ2n) is 9.31. The average Bonchev–Trinajstić information content (AvgIpc) is 3.41. The topological polar surface area (TPSA) is 129 Å². The monoisotopic (exact) mass is 530 g/mol. The maximum atomic E-state index is 13.1. The molecule has 0 spiro atoms. The first-order valence-electron chi connectivity index (χ1n) is 12.8. The molecule has 0 fully saturated rings. The van der Waals surface area contributed by atoms with Crippen molar-refractivity contribution >= 4 is 52.4 Å². The molecule has 0 saturated heterocycles. The molecule has 39 heavy (non-hydrogen) atoms. The molecule has 3 aromatic rings. The third-order valence-electron chi connectivity index (χ3n) is 6.66. The number of carbonyl (C=O) groups excluding carboxylic acids is 4. The Morgan fingerprint density at radius 2 is 1.79 bits per heavy atom. The van der Waals surface area contributed by atoms with Gasteiger partial charge < -0.3 is 25.7 Å². The first-order chi connectivity index (χ1) is 18.8. The van der Waals surface area contributed by atoms with Crippen LogP contribution in [0.3, 0.4) is 0 Å². The second-order valence-corrected chi connectivity index (χ2v) is 9.31. The highest BCUT2D eigenvalue weighted by atomic mass is 19.1. The van der Waals surface area contributed by atoms with E-state index in [9.17, 15) is 23.6 Å². The number of anilines is 3. The van der Waals surface area contributed by atoms with E-state index in [1.54, 1.807) is 31.2 Å². The van der Waals surface area contributed by atoms with E-state index < -0.39 is 11.8 Å². The van der Waals surface area contributed by atoms with Crippen LogP contribution in [-0.4, -0.2) is 35.3 Å². The molecule has 0 bridgehead atoms. The number of urea groups is 1. The van der Waals surface area contributed by atoms with Gasteiger partial charge in [0.25, 0.3) is 5.91 Å². The summed E-state index contributed by atoms with van der Waals surface area (Å²) >= 11 is 0. The lowest BCUT2D eigenvalue weighted by Crippen LogP contribution is -2.19. The molecule has 5 rings (SSSR count). The summed E-state index contributed by atoms with van der Waals surface area (Å²) in [5, 5.41) is 8.17. The van der Waals surface area contributed by atoms with Crippen molar-refractivity contribution in [2.24, 2.45) is 0 Å². The molecule has 200 valence electrons. The van der Waals surface area contributed by atoms with Crippen LogP contribution in [0.5, 0.6) is 0 Å². The highest BCUT2D eigenvalue weighted by molar-refractivity contribution is 6.35. The van der Waals surface area contributed by atoms with Crippen molar-refractivity contribution < 1.29 is 28.3 Å². The zero-order valence-electron chi connectivity index (χ0n) is 21.3. The quantitative estimate of drug-likeness (QED) is 0.243. The standard InChI is InChI=1S/C29H27FN4O5/c1-2-39-26(36)13-11-19-24(33-23-4-3-5-25(35)27(19)23)15-21-20-14-18(10-12-22(20)34-28(21)37)32-29(38)31-17-8-6-16(30)7-9-17/h6-10,12,14-15,33H,2-5,11,13H2,1H3,(H,34,37)(H2,31,32,38)/b21-15-. The van der Waals surface area contributed by atoms with E-state index >= 15 is 0 Å². The Balaban J connectivity index is 1.43. The van der Waals surface area contributed by atoms with Gasteiger partial charge in [0.15, 0.2) is 5.78 Å². The summed E-state index contributed by atoms with van der Waals surface area (Å²) in [6.45, 7) is 2.01. The van der Waals surface area contributed by atoms with Crippen molar-refractivity contribution in [2.75, 3.05) is 22.6 Å². The summed E-state index contributed by atoms with van der Waals surface area (Å²) in [5.74, 6) is -1.07. The number of hydrogen-bond donors (Lipinski definition) is 4. The van der Waals surface area contributed by atoms with Gasteiger partial charge in [-0.3, -0.25) is 14.4 Å². The number of aromatic amines is 1. The van der Waals surface area contributed by atoms with Gasteiger partial charge in [-0.25, -0.2) is 9.18 Å². The molecule has 2 aliphatic rings. The van der Waals surface area contributed by atoms with Crippen molar-refractivity contribution in [3.05, 3.63) is 76.4 Å². The number of amides is 3. The summed E-state index contributed by atoms with van der Waals surface area (Å²) < 4.78 is 18.2. The minimum atomic E-state index is -0.527. The van der Waals surface area contributed by atoms with Crippen LogP contribution in [0.1, 0.15) is 59.1 Å². The van der Waals surface area contributed by atoms with E-state index in [0.29, 0.717) is 64.3 Å². The molecule has 0 radical (unpaired) electrons. The predicted octanol–water partition coefficient (Wildman–Crippen LogP) is 5.31. The Morgan fingerprint density at radius 3 is 2.56 bits per heavy atom. The van der Waals surface area contributed by atoms with E-state index in [2.05, 4.69) is 20.9 Å². The number of aromatic nitrogens is 1. The Labute approximate surface area is 223 Å². The Hall–Kier alpha value is -4.73. The van der Waals surface area contributed by atoms with Gasteiger partial charge in [0.2, 0.25) is 0 Å². The van der Waals surface area contributed by atoms with E-state index in [-0.39, 0.29) is 30.7 Å². The van der Waals surface area contributed by atoms with Crippen LogP contribution in [0.25, 0.3) is 11.6 Å². The SMILES string of the molecule is CCOC(=O)CCc1c(/C=C2\C(=O)Nc3ccc(NC(=O)Nc4ccc(F)cc4)cc32)[nH]c2c1C(=O)CCC2. The number of ketones is 1. The van der Waals surface area contributed by atoms with Crippen molar-refractivity contribution in [2.45, 2.75) is 39.0 Å². The van der Waals surface area contributed by atoms with Gasteiger partial charge in [-0.05, 0) is 80.3 Å². The number of esters is 1. The van der Waals surface area contributed by atoms with Gasteiger partial charge in [0.1, 0.15) is 5.82 Å². The number of nitrogens with one attached hydrogen (secondary N) is 4. The van der Waals surface area contributed by atoms with Gasteiger partial charge in [-0.2, -0.15) is 0 Å². The normalized spacial score (nSPS) is 15.0. The zero-order chi connectivity index (χ0) is 27.5. The summed E-state index contributed by atoms with van der Waals surface area (Å²) in [4.78, 5) is 53.6. The van der Waals surface area contributed by atoms with E-state index in [1.165, 1.54) is 24.3 Å². The second kappa shape index (κ2) is 10.9. The van der Waals surface area contributed by atoms with Crippen LogP contribution in [0.4, 0.5) is 26.2 Å². The third-order valence-corrected chi connectivity index (χ3v) is 6.66. The Morgan fingerprint density at radius 1 is 1.05 bits per heavy atom. The maximum absolute atomic E-state index is 13.1. The van der Waals surface area contributed by atoms with Crippen molar-refractivity contribution in [1.82, 2.24) is 4.98 Å². The van der Waals surface area contributed by atoms with Crippen LogP contribution < -0.4 is 16.0 Å². The summed E-state index contributed by atoms with van der Waals surface area (Å²) in [5.41, 5.74) is 5.09. The number of rotatable bonds is 7. The lowest BCUT2D eigenvalue weighted by Gasteiger charge is -2.11. The van der Waals surface area contributed by atoms with E-state index in [4.69, 9.17) is 4.74 Å². The first kappa shape index (κ1) is 25.9. The highest BCUT2D eigenvalue weighted by Crippen LogP contribution is 2.37. The lowest BCUT2D eigenvalue weighted by molar-refractivity contribution is -0.143. The minimum absolute atomic E-state index is 0.0194. The molecule has 2 aromatic carbocycles. The number of H-pyrrole nitrogens is 1. The fourth-order valence-corrected chi connectivity index (χ4v) is 4.92. The first-order valence-corrected chi connectivity index (χ1v) is 12.8. The number of hydrogen-bond acceptors (Lipinski definition) is 5. The van der Waals surface area contributed by atoms with Crippen LogP contribution in [-0.2, 0) is 27.2 Å². The number of ether oxygens (including phenoxy) is 1. The zero-order valence-corrected chi connectivity index (χ0v) is 21.3. The minimum Gasteiger partial charge on any atom is -0.466 e. The molecule has 0 unspecified atom stereocenters. The number of fused-ring (bicyclic) bond motifs is 2. The molecule has 3 amide bonds. The lowest BCUT2D eigenvalue weighted by atomic mass is 9.91. The van der Waals surface area contributed by atoms with Crippen LogP contribution >= 0.6 is 0 Å². The third kappa shape index (κ3) is 5.59.